The lowest BCUT2D eigenvalue weighted by atomic mass is 10.2. The Kier molecular flexibility index (Phi) is 7.85. The number of nitrogens with two attached hydrogens (primary N) is 1. The van der Waals surface area contributed by atoms with Crippen molar-refractivity contribution in [1.82, 2.24) is 0 Å². The Morgan fingerprint density at radius 3 is 2.50 bits per heavy atom. The fourth-order valence-electron chi connectivity index (χ4n) is 1.20. The van der Waals surface area contributed by atoms with E-state index in [2.05, 4.69) is 0 Å². The molecule has 0 aromatic heterocycles. The summed E-state index contributed by atoms with van der Waals surface area (Å²) >= 11 is 0. The van der Waals surface area contributed by atoms with Gasteiger partial charge in [-0.3, -0.25) is 0 Å². The molecule has 0 spiro atoms. The van der Waals surface area contributed by atoms with Gasteiger partial charge in [-0.25, -0.2) is 8.78 Å². The third-order valence-electron chi connectivity index (χ3n) is 2.00. The van der Waals surface area contributed by atoms with Crippen molar-refractivity contribution in [3.05, 3.63) is 29.8 Å². The summed E-state index contributed by atoms with van der Waals surface area (Å²) in [6.45, 7) is 1.09. The van der Waals surface area contributed by atoms with Gasteiger partial charge in [0.05, 0.1) is 6.61 Å². The average molecular weight is 252 g/mol. The van der Waals surface area contributed by atoms with Crippen LogP contribution in [0.15, 0.2) is 18.2 Å². The highest BCUT2D eigenvalue weighted by atomic mass is 35.5. The summed E-state index contributed by atoms with van der Waals surface area (Å²) in [4.78, 5) is 0. The fourth-order valence-corrected chi connectivity index (χ4v) is 1.20. The Labute approximate surface area is 100 Å². The maximum atomic E-state index is 13.0. The molecule has 0 fully saturated rings. The molecule has 16 heavy (non-hydrogen) atoms. The Hall–Kier alpha value is -0.870. The highest BCUT2D eigenvalue weighted by Gasteiger charge is 2.03. The molecule has 0 unspecified atom stereocenters. The van der Waals surface area contributed by atoms with Crippen LogP contribution in [0.25, 0.3) is 0 Å². The molecule has 0 atom stereocenters. The van der Waals surface area contributed by atoms with Crippen molar-refractivity contribution < 1.29 is 13.5 Å². The summed E-state index contributed by atoms with van der Waals surface area (Å²) in [5, 5.41) is 0. The van der Waals surface area contributed by atoms with Gasteiger partial charge >= 0.3 is 0 Å². The van der Waals surface area contributed by atoms with E-state index in [1.807, 2.05) is 0 Å². The molecular formula is C11H16ClF2NO. The minimum atomic E-state index is -0.658. The van der Waals surface area contributed by atoms with Crippen molar-refractivity contribution in [2.24, 2.45) is 5.73 Å². The molecule has 0 saturated carbocycles. The molecule has 92 valence electrons. The standard InChI is InChI=1S/C11H15F2NO.ClH/c12-9-4-5-11(10(13)8-9)15-7-3-1-2-6-14;/h4-5,8H,1-3,6-7,14H2;1H. The van der Waals surface area contributed by atoms with Crippen LogP contribution in [0.4, 0.5) is 8.78 Å². The van der Waals surface area contributed by atoms with Gasteiger partial charge < -0.3 is 10.5 Å². The first kappa shape index (κ1) is 15.1. The van der Waals surface area contributed by atoms with Crippen molar-refractivity contribution in [3.8, 4) is 5.75 Å². The normalized spacial score (nSPS) is 9.69. The van der Waals surface area contributed by atoms with Crippen molar-refractivity contribution >= 4 is 12.4 Å². The van der Waals surface area contributed by atoms with Crippen molar-refractivity contribution in [2.45, 2.75) is 19.3 Å². The van der Waals surface area contributed by atoms with Gasteiger partial charge in [-0.05, 0) is 37.9 Å². The smallest absolute Gasteiger partial charge is 0.167 e. The van der Waals surface area contributed by atoms with Crippen LogP contribution in [-0.4, -0.2) is 13.2 Å². The van der Waals surface area contributed by atoms with E-state index in [0.717, 1.165) is 25.3 Å². The molecule has 0 amide bonds. The Bertz CT molecular complexity index is 310. The third-order valence-corrected chi connectivity index (χ3v) is 2.00. The summed E-state index contributed by atoms with van der Waals surface area (Å²) in [6.07, 6.45) is 2.72. The molecule has 2 N–H and O–H groups in total. The van der Waals surface area contributed by atoms with E-state index in [1.165, 1.54) is 12.1 Å². The number of unbranched alkanes of at least 4 members (excludes halogenated alkanes) is 2. The van der Waals surface area contributed by atoms with Crippen LogP contribution in [-0.2, 0) is 0 Å². The highest BCUT2D eigenvalue weighted by Crippen LogP contribution is 2.17. The number of hydrogen-bond donors (Lipinski definition) is 1. The monoisotopic (exact) mass is 251 g/mol. The second kappa shape index (κ2) is 8.30. The zero-order valence-corrected chi connectivity index (χ0v) is 9.73. The topological polar surface area (TPSA) is 35.2 Å². The lowest BCUT2D eigenvalue weighted by Gasteiger charge is -2.06. The third kappa shape index (κ3) is 5.28. The van der Waals surface area contributed by atoms with Crippen LogP contribution in [0.2, 0.25) is 0 Å². The van der Waals surface area contributed by atoms with Gasteiger partial charge in [-0.1, -0.05) is 0 Å². The summed E-state index contributed by atoms with van der Waals surface area (Å²) < 4.78 is 30.7. The van der Waals surface area contributed by atoms with Crippen LogP contribution in [0.3, 0.4) is 0 Å². The Morgan fingerprint density at radius 2 is 1.88 bits per heavy atom. The predicted molar refractivity (Wildman–Crippen MR) is 62.0 cm³/mol. The van der Waals surface area contributed by atoms with E-state index < -0.39 is 11.6 Å². The first-order valence-electron chi connectivity index (χ1n) is 5.02. The Balaban J connectivity index is 0.00000225. The predicted octanol–water partition coefficient (Wildman–Crippen LogP) is 2.89. The van der Waals surface area contributed by atoms with E-state index in [4.69, 9.17) is 10.5 Å². The number of benzene rings is 1. The van der Waals surface area contributed by atoms with Gasteiger partial charge in [0.2, 0.25) is 0 Å². The van der Waals surface area contributed by atoms with Crippen LogP contribution >= 0.6 is 12.4 Å². The van der Waals surface area contributed by atoms with Crippen molar-refractivity contribution in [3.63, 3.8) is 0 Å². The first-order chi connectivity index (χ1) is 7.24. The minimum Gasteiger partial charge on any atom is -0.491 e. The molecule has 0 bridgehead atoms. The molecule has 1 aromatic rings. The lowest BCUT2D eigenvalue weighted by molar-refractivity contribution is 0.290. The van der Waals surface area contributed by atoms with E-state index in [1.54, 1.807) is 0 Å². The second-order valence-corrected chi connectivity index (χ2v) is 3.27. The fraction of sp³-hybridized carbons (Fsp3) is 0.455. The van der Waals surface area contributed by atoms with Gasteiger partial charge in [0, 0.05) is 6.07 Å². The van der Waals surface area contributed by atoms with Gasteiger partial charge in [0.25, 0.3) is 0 Å². The van der Waals surface area contributed by atoms with E-state index in [9.17, 15) is 8.78 Å². The minimum absolute atomic E-state index is 0. The zero-order valence-electron chi connectivity index (χ0n) is 8.92. The largest absolute Gasteiger partial charge is 0.491 e. The SMILES string of the molecule is Cl.NCCCCCOc1ccc(F)cc1F. The molecule has 0 aliphatic rings. The van der Waals surface area contributed by atoms with Gasteiger partial charge in [0.1, 0.15) is 5.82 Å². The van der Waals surface area contributed by atoms with E-state index >= 15 is 0 Å². The summed E-state index contributed by atoms with van der Waals surface area (Å²) in [7, 11) is 0. The summed E-state index contributed by atoms with van der Waals surface area (Å²) in [6, 6.07) is 3.29. The summed E-state index contributed by atoms with van der Waals surface area (Å²) in [5.41, 5.74) is 5.32. The molecule has 2 nitrogen and oxygen atoms in total. The van der Waals surface area contributed by atoms with Crippen LogP contribution in [0.1, 0.15) is 19.3 Å². The van der Waals surface area contributed by atoms with Crippen LogP contribution < -0.4 is 10.5 Å². The van der Waals surface area contributed by atoms with Crippen molar-refractivity contribution in [1.29, 1.82) is 0 Å². The lowest BCUT2D eigenvalue weighted by Crippen LogP contribution is -2.02. The van der Waals surface area contributed by atoms with Crippen LogP contribution in [0.5, 0.6) is 5.75 Å². The van der Waals surface area contributed by atoms with E-state index in [-0.39, 0.29) is 18.2 Å². The first-order valence-corrected chi connectivity index (χ1v) is 5.02. The van der Waals surface area contributed by atoms with Crippen LogP contribution in [0, 0.1) is 11.6 Å². The molecule has 0 aliphatic heterocycles. The van der Waals surface area contributed by atoms with Gasteiger partial charge in [0.15, 0.2) is 11.6 Å². The number of halogens is 3. The molecule has 0 saturated heterocycles. The molecule has 0 heterocycles. The Morgan fingerprint density at radius 1 is 1.12 bits per heavy atom. The maximum absolute atomic E-state index is 13.0. The number of rotatable bonds is 6. The molecule has 0 aliphatic carbocycles. The number of hydrogen-bond acceptors (Lipinski definition) is 2. The summed E-state index contributed by atoms with van der Waals surface area (Å²) in [5.74, 6) is -1.15. The molecule has 0 radical (unpaired) electrons. The number of ether oxygens (including phenoxy) is 1. The molecule has 1 aromatic carbocycles. The maximum Gasteiger partial charge on any atom is 0.167 e. The second-order valence-electron chi connectivity index (χ2n) is 3.27. The molecule has 5 heteroatoms. The highest BCUT2D eigenvalue weighted by molar-refractivity contribution is 5.85. The average Bonchev–Trinajstić information content (AvgIpc) is 2.20. The van der Waals surface area contributed by atoms with Gasteiger partial charge in [-0.15, -0.1) is 12.4 Å². The molecule has 1 rings (SSSR count). The quantitative estimate of drug-likeness (QED) is 0.789. The van der Waals surface area contributed by atoms with E-state index in [0.29, 0.717) is 13.2 Å². The zero-order chi connectivity index (χ0) is 11.1. The van der Waals surface area contributed by atoms with Gasteiger partial charge in [-0.2, -0.15) is 0 Å². The molecular weight excluding hydrogens is 236 g/mol. The van der Waals surface area contributed by atoms with Crippen molar-refractivity contribution in [2.75, 3.05) is 13.2 Å².